The number of ketones is 3. The average Bonchev–Trinajstić information content (AvgIpc) is 2.86. The van der Waals surface area contributed by atoms with Crippen LogP contribution in [0.3, 0.4) is 0 Å². The number of rotatable bonds is 2. The van der Waals surface area contributed by atoms with Gasteiger partial charge in [-0.1, -0.05) is 25.5 Å². The molecule has 6 atom stereocenters. The summed E-state index contributed by atoms with van der Waals surface area (Å²) in [4.78, 5) is 37.4. The zero-order valence-corrected chi connectivity index (χ0v) is 15.3. The molecule has 4 unspecified atom stereocenters. The molecule has 5 heteroatoms. The topological polar surface area (TPSA) is 91.7 Å². The maximum absolute atomic E-state index is 13.3. The molecule has 4 aliphatic carbocycles. The number of carbonyl (C=O) groups excluding carboxylic acids is 3. The average molecular weight is 358 g/mol. The van der Waals surface area contributed by atoms with Crippen LogP contribution in [0.2, 0.25) is 0 Å². The van der Waals surface area contributed by atoms with E-state index >= 15 is 0 Å². The second-order valence-electron chi connectivity index (χ2n) is 9.02. The molecule has 0 radical (unpaired) electrons. The van der Waals surface area contributed by atoms with Crippen molar-refractivity contribution < 1.29 is 24.6 Å². The van der Waals surface area contributed by atoms with Crippen LogP contribution in [-0.2, 0) is 14.4 Å². The van der Waals surface area contributed by atoms with Crippen molar-refractivity contribution in [3.05, 3.63) is 23.8 Å². The van der Waals surface area contributed by atoms with E-state index in [1.165, 1.54) is 0 Å². The largest absolute Gasteiger partial charge is 0.388 e. The third-order valence-electron chi connectivity index (χ3n) is 8.01. The Bertz CT molecular complexity index is 764. The molecular weight excluding hydrogens is 332 g/mol. The van der Waals surface area contributed by atoms with Crippen LogP contribution in [0.1, 0.15) is 46.0 Å². The number of carbonyl (C=O) groups is 3. The van der Waals surface area contributed by atoms with Gasteiger partial charge in [-0.2, -0.15) is 0 Å². The number of aliphatic hydroxyl groups excluding tert-OH is 1. The van der Waals surface area contributed by atoms with Gasteiger partial charge in [0.05, 0.1) is 0 Å². The van der Waals surface area contributed by atoms with Crippen molar-refractivity contribution in [2.75, 3.05) is 6.61 Å². The van der Waals surface area contributed by atoms with Gasteiger partial charge in [-0.25, -0.2) is 0 Å². The summed E-state index contributed by atoms with van der Waals surface area (Å²) < 4.78 is 0. The fourth-order valence-corrected chi connectivity index (χ4v) is 6.62. The third kappa shape index (κ3) is 2.01. The van der Waals surface area contributed by atoms with Crippen molar-refractivity contribution in [2.45, 2.75) is 51.6 Å². The third-order valence-corrected chi connectivity index (χ3v) is 8.01. The SMILES string of the molecule is CC12CC(=O)C3C(CCC4=CC(=O)C=C[C@@]43C)C1CC[C@]2(O)C(=O)CO. The molecule has 0 amide bonds. The van der Waals surface area contributed by atoms with E-state index in [0.717, 1.165) is 18.4 Å². The van der Waals surface area contributed by atoms with Gasteiger partial charge in [-0.3, -0.25) is 14.4 Å². The van der Waals surface area contributed by atoms with Crippen LogP contribution in [0.15, 0.2) is 23.8 Å². The van der Waals surface area contributed by atoms with Gasteiger partial charge in [0.1, 0.15) is 18.0 Å². The van der Waals surface area contributed by atoms with Gasteiger partial charge in [0, 0.05) is 23.2 Å². The Morgan fingerprint density at radius 3 is 2.69 bits per heavy atom. The molecule has 0 heterocycles. The van der Waals surface area contributed by atoms with E-state index < -0.39 is 28.8 Å². The first-order valence-electron chi connectivity index (χ1n) is 9.51. The molecule has 4 rings (SSSR count). The minimum absolute atomic E-state index is 0.0206. The fourth-order valence-electron chi connectivity index (χ4n) is 6.62. The Balaban J connectivity index is 1.76. The molecule has 2 N–H and O–H groups in total. The molecule has 0 bridgehead atoms. The first-order chi connectivity index (χ1) is 12.2. The van der Waals surface area contributed by atoms with Gasteiger partial charge < -0.3 is 10.2 Å². The monoisotopic (exact) mass is 358 g/mol. The van der Waals surface area contributed by atoms with Crippen LogP contribution in [0, 0.1) is 28.6 Å². The highest BCUT2D eigenvalue weighted by atomic mass is 16.3. The van der Waals surface area contributed by atoms with E-state index in [4.69, 9.17) is 0 Å². The van der Waals surface area contributed by atoms with E-state index in [1.807, 2.05) is 19.9 Å². The Labute approximate surface area is 153 Å². The minimum atomic E-state index is -1.62. The Hall–Kier alpha value is -1.59. The van der Waals surface area contributed by atoms with Crippen LogP contribution < -0.4 is 0 Å². The number of allylic oxidation sites excluding steroid dienone is 4. The summed E-state index contributed by atoms with van der Waals surface area (Å²) >= 11 is 0. The van der Waals surface area contributed by atoms with Gasteiger partial charge in [0.2, 0.25) is 0 Å². The normalized spacial score (nSPS) is 47.1. The molecule has 5 nitrogen and oxygen atoms in total. The lowest BCUT2D eigenvalue weighted by Crippen LogP contribution is -2.60. The summed E-state index contributed by atoms with van der Waals surface area (Å²) in [5.41, 5.74) is -1.86. The van der Waals surface area contributed by atoms with Crippen molar-refractivity contribution in [2.24, 2.45) is 28.6 Å². The van der Waals surface area contributed by atoms with Gasteiger partial charge in [-0.15, -0.1) is 0 Å². The molecule has 4 aliphatic rings. The zero-order valence-electron chi connectivity index (χ0n) is 15.3. The van der Waals surface area contributed by atoms with Gasteiger partial charge in [0.15, 0.2) is 11.6 Å². The quantitative estimate of drug-likeness (QED) is 0.785. The van der Waals surface area contributed by atoms with Crippen LogP contribution in [0.5, 0.6) is 0 Å². The first-order valence-corrected chi connectivity index (χ1v) is 9.51. The second kappa shape index (κ2) is 5.46. The van der Waals surface area contributed by atoms with E-state index in [9.17, 15) is 24.6 Å². The van der Waals surface area contributed by atoms with Crippen molar-refractivity contribution in [1.82, 2.24) is 0 Å². The van der Waals surface area contributed by atoms with Crippen LogP contribution >= 0.6 is 0 Å². The molecule has 0 aromatic carbocycles. The van der Waals surface area contributed by atoms with E-state index in [1.54, 1.807) is 12.2 Å². The summed E-state index contributed by atoms with van der Waals surface area (Å²) in [7, 11) is 0. The Morgan fingerprint density at radius 1 is 1.27 bits per heavy atom. The number of aliphatic hydroxyl groups is 2. The first kappa shape index (κ1) is 17.8. The molecule has 0 spiro atoms. The summed E-state index contributed by atoms with van der Waals surface area (Å²) in [5, 5.41) is 20.5. The molecule has 0 aromatic heterocycles. The van der Waals surface area contributed by atoms with Crippen molar-refractivity contribution in [3.8, 4) is 0 Å². The number of hydrogen-bond acceptors (Lipinski definition) is 5. The molecule has 140 valence electrons. The summed E-state index contributed by atoms with van der Waals surface area (Å²) in [6, 6.07) is 0. The van der Waals surface area contributed by atoms with Crippen molar-refractivity contribution in [1.29, 1.82) is 0 Å². The Kier molecular flexibility index (Phi) is 3.74. The molecule has 3 saturated carbocycles. The van der Waals surface area contributed by atoms with Crippen molar-refractivity contribution >= 4 is 17.3 Å². The van der Waals surface area contributed by atoms with Gasteiger partial charge in [-0.05, 0) is 49.7 Å². The molecule has 26 heavy (non-hydrogen) atoms. The second-order valence-corrected chi connectivity index (χ2v) is 9.02. The van der Waals surface area contributed by atoms with E-state index in [0.29, 0.717) is 12.8 Å². The molecule has 0 aliphatic heterocycles. The predicted octanol–water partition coefficient (Wildman–Crippen LogP) is 1.77. The molecule has 0 saturated heterocycles. The van der Waals surface area contributed by atoms with E-state index in [-0.39, 0.29) is 35.7 Å². The van der Waals surface area contributed by atoms with Crippen LogP contribution in [0.25, 0.3) is 0 Å². The van der Waals surface area contributed by atoms with Crippen LogP contribution in [-0.4, -0.2) is 39.8 Å². The maximum atomic E-state index is 13.3. The highest BCUT2D eigenvalue weighted by Gasteiger charge is 2.68. The number of fused-ring (bicyclic) bond motifs is 5. The lowest BCUT2D eigenvalue weighted by molar-refractivity contribution is -0.168. The minimum Gasteiger partial charge on any atom is -0.388 e. The smallest absolute Gasteiger partial charge is 0.190 e. The van der Waals surface area contributed by atoms with Crippen molar-refractivity contribution in [3.63, 3.8) is 0 Å². The van der Waals surface area contributed by atoms with Gasteiger partial charge >= 0.3 is 0 Å². The predicted molar refractivity (Wildman–Crippen MR) is 94.0 cm³/mol. The lowest BCUT2D eigenvalue weighted by atomic mass is 9.46. The Morgan fingerprint density at radius 2 is 2.00 bits per heavy atom. The van der Waals surface area contributed by atoms with E-state index in [2.05, 4.69) is 0 Å². The molecular formula is C21H26O5. The van der Waals surface area contributed by atoms with Crippen LogP contribution in [0.4, 0.5) is 0 Å². The van der Waals surface area contributed by atoms with Gasteiger partial charge in [0.25, 0.3) is 0 Å². The number of hydrogen-bond donors (Lipinski definition) is 2. The standard InChI is InChI=1S/C21H26O5/c1-19-7-5-13(23)9-12(19)3-4-14-15-6-8-21(26,17(25)11-22)20(15,2)10-16(24)18(14)19/h5,7,9,14-15,18,22,26H,3-4,6,8,10-11H2,1-2H3/t14?,15?,18?,19-,20?,21-/m0/s1. The summed E-state index contributed by atoms with van der Waals surface area (Å²) in [5.74, 6) is -0.590. The summed E-state index contributed by atoms with van der Waals surface area (Å²) in [6.07, 6.45) is 7.82. The molecule has 0 aromatic rings. The summed E-state index contributed by atoms with van der Waals surface area (Å²) in [6.45, 7) is 3.19. The lowest BCUT2D eigenvalue weighted by Gasteiger charge is -2.56. The number of Topliss-reactive ketones (excluding diaryl/α,β-unsaturated/α-hetero) is 2. The maximum Gasteiger partial charge on any atom is 0.190 e. The fraction of sp³-hybridized carbons (Fsp3) is 0.667. The zero-order chi connectivity index (χ0) is 18.9. The molecule has 3 fully saturated rings. The highest BCUT2D eigenvalue weighted by molar-refractivity contribution is 6.02. The highest BCUT2D eigenvalue weighted by Crippen LogP contribution is 2.66.